The molecule has 1 aliphatic heterocycles. The lowest BCUT2D eigenvalue weighted by atomic mass is 10.1. The molecule has 1 aliphatic rings. The van der Waals surface area contributed by atoms with Gasteiger partial charge in [0, 0.05) is 23.2 Å². The molecule has 19 heavy (non-hydrogen) atoms. The number of ether oxygens (including phenoxy) is 1. The van der Waals surface area contributed by atoms with Crippen molar-refractivity contribution in [2.45, 2.75) is 19.4 Å². The van der Waals surface area contributed by atoms with E-state index in [1.54, 1.807) is 12.1 Å². The van der Waals surface area contributed by atoms with Crippen molar-refractivity contribution >= 4 is 39.9 Å². The number of anilines is 1. The highest BCUT2D eigenvalue weighted by Crippen LogP contribution is 2.21. The summed E-state index contributed by atoms with van der Waals surface area (Å²) in [6.07, 6.45) is 1.05. The van der Waals surface area contributed by atoms with Gasteiger partial charge in [-0.05, 0) is 24.6 Å². The van der Waals surface area contributed by atoms with Gasteiger partial charge in [-0.25, -0.2) is 0 Å². The molecule has 1 fully saturated rings. The summed E-state index contributed by atoms with van der Waals surface area (Å²) < 4.78 is 6.44. The number of halogens is 2. The zero-order valence-electron chi connectivity index (χ0n) is 10.8. The molecule has 0 bridgehead atoms. The summed E-state index contributed by atoms with van der Waals surface area (Å²) >= 11 is 3.34. The minimum absolute atomic E-state index is 0. The third-order valence-corrected chi connectivity index (χ3v) is 3.62. The van der Waals surface area contributed by atoms with Crippen LogP contribution in [0.5, 0.6) is 0 Å². The summed E-state index contributed by atoms with van der Waals surface area (Å²) in [7, 11) is 0. The van der Waals surface area contributed by atoms with Crippen LogP contribution in [-0.2, 0) is 4.74 Å². The maximum Gasteiger partial charge on any atom is 0.256 e. The highest BCUT2D eigenvalue weighted by Gasteiger charge is 2.24. The van der Waals surface area contributed by atoms with Crippen molar-refractivity contribution in [3.63, 3.8) is 0 Å². The van der Waals surface area contributed by atoms with Crippen LogP contribution in [0.1, 0.15) is 23.7 Å². The van der Waals surface area contributed by atoms with Crippen LogP contribution >= 0.6 is 28.3 Å². The zero-order valence-corrected chi connectivity index (χ0v) is 13.2. The smallest absolute Gasteiger partial charge is 0.256 e. The molecule has 1 atom stereocenters. The Hall–Kier alpha value is -0.780. The van der Waals surface area contributed by atoms with Gasteiger partial charge in [-0.3, -0.25) is 4.79 Å². The molecule has 0 saturated carbocycles. The van der Waals surface area contributed by atoms with Crippen LogP contribution in [0.4, 0.5) is 5.69 Å². The van der Waals surface area contributed by atoms with E-state index in [9.17, 15) is 4.79 Å². The largest absolute Gasteiger partial charge is 0.398 e. The second-order valence-corrected chi connectivity index (χ2v) is 5.30. The number of nitrogens with zero attached hydrogens (tertiary/aromatic N) is 1. The van der Waals surface area contributed by atoms with Crippen LogP contribution in [0.2, 0.25) is 0 Å². The minimum atomic E-state index is -0.0123. The van der Waals surface area contributed by atoms with Crippen LogP contribution in [0.25, 0.3) is 0 Å². The van der Waals surface area contributed by atoms with E-state index >= 15 is 0 Å². The molecule has 0 aliphatic carbocycles. The quantitative estimate of drug-likeness (QED) is 0.835. The van der Waals surface area contributed by atoms with Crippen molar-refractivity contribution in [2.24, 2.45) is 0 Å². The zero-order chi connectivity index (χ0) is 13.1. The molecular weight excluding hydrogens is 332 g/mol. The van der Waals surface area contributed by atoms with Gasteiger partial charge < -0.3 is 15.4 Å². The maximum atomic E-state index is 12.4. The van der Waals surface area contributed by atoms with E-state index in [4.69, 9.17) is 10.5 Å². The minimum Gasteiger partial charge on any atom is -0.398 e. The standard InChI is InChI=1S/C13H17BrN2O2.ClH/c1-2-10-8-16(5-6-18-10)13(17)11-4-3-9(14)7-12(11)15;/h3-4,7,10H,2,5-6,8,15H2,1H3;1H. The molecule has 0 radical (unpaired) electrons. The van der Waals surface area contributed by atoms with Crippen LogP contribution in [-0.4, -0.2) is 36.6 Å². The topological polar surface area (TPSA) is 55.6 Å². The fraction of sp³-hybridized carbons (Fsp3) is 0.462. The highest BCUT2D eigenvalue weighted by molar-refractivity contribution is 9.10. The van der Waals surface area contributed by atoms with Gasteiger partial charge >= 0.3 is 0 Å². The van der Waals surface area contributed by atoms with Crippen molar-refractivity contribution in [3.05, 3.63) is 28.2 Å². The predicted octanol–water partition coefficient (Wildman–Crippen LogP) is 2.70. The molecular formula is C13H18BrClN2O2. The Morgan fingerprint density at radius 1 is 1.58 bits per heavy atom. The molecule has 1 aromatic rings. The van der Waals surface area contributed by atoms with Gasteiger partial charge in [-0.15, -0.1) is 12.4 Å². The Bertz CT molecular complexity index is 456. The Kier molecular flexibility index (Phi) is 6.10. The van der Waals surface area contributed by atoms with Gasteiger partial charge in [0.15, 0.2) is 0 Å². The van der Waals surface area contributed by atoms with Gasteiger partial charge in [-0.2, -0.15) is 0 Å². The van der Waals surface area contributed by atoms with Crippen molar-refractivity contribution in [1.82, 2.24) is 4.90 Å². The van der Waals surface area contributed by atoms with Crippen LogP contribution in [0, 0.1) is 0 Å². The molecule has 6 heteroatoms. The van der Waals surface area contributed by atoms with Crippen molar-refractivity contribution < 1.29 is 9.53 Å². The lowest BCUT2D eigenvalue weighted by Gasteiger charge is -2.32. The van der Waals surface area contributed by atoms with Gasteiger partial charge in [0.05, 0.1) is 18.3 Å². The average molecular weight is 350 g/mol. The Labute approximate surface area is 127 Å². The van der Waals surface area contributed by atoms with Gasteiger partial charge in [0.25, 0.3) is 5.91 Å². The van der Waals surface area contributed by atoms with E-state index in [1.807, 2.05) is 11.0 Å². The van der Waals surface area contributed by atoms with E-state index in [0.717, 1.165) is 10.9 Å². The first kappa shape index (κ1) is 16.3. The molecule has 1 saturated heterocycles. The first-order valence-electron chi connectivity index (χ1n) is 6.07. The summed E-state index contributed by atoms with van der Waals surface area (Å²) in [5.41, 5.74) is 6.96. The summed E-state index contributed by atoms with van der Waals surface area (Å²) in [6.45, 7) is 3.93. The normalized spacial score (nSPS) is 18.8. The fourth-order valence-corrected chi connectivity index (χ4v) is 2.43. The monoisotopic (exact) mass is 348 g/mol. The van der Waals surface area contributed by atoms with E-state index in [1.165, 1.54) is 0 Å². The molecule has 0 aromatic heterocycles. The summed E-state index contributed by atoms with van der Waals surface area (Å²) in [6, 6.07) is 5.35. The lowest BCUT2D eigenvalue weighted by Crippen LogP contribution is -2.45. The SMILES string of the molecule is CCC1CN(C(=O)c2ccc(Br)cc2N)CCO1.Cl. The fourth-order valence-electron chi connectivity index (χ4n) is 2.05. The molecule has 1 amide bonds. The molecule has 1 heterocycles. The van der Waals surface area contributed by atoms with E-state index in [0.29, 0.717) is 30.9 Å². The van der Waals surface area contributed by atoms with Gasteiger partial charge in [-0.1, -0.05) is 22.9 Å². The van der Waals surface area contributed by atoms with Crippen LogP contribution < -0.4 is 5.73 Å². The number of nitrogens with two attached hydrogens (primary N) is 1. The van der Waals surface area contributed by atoms with Gasteiger partial charge in [0.2, 0.25) is 0 Å². The number of amides is 1. The Balaban J connectivity index is 0.00000180. The third kappa shape index (κ3) is 3.84. The number of carbonyl (C=O) groups is 1. The second kappa shape index (κ2) is 7.12. The summed E-state index contributed by atoms with van der Waals surface area (Å²) in [4.78, 5) is 14.2. The van der Waals surface area contributed by atoms with Crippen molar-refractivity contribution in [1.29, 1.82) is 0 Å². The highest BCUT2D eigenvalue weighted by atomic mass is 79.9. The van der Waals surface area contributed by atoms with E-state index in [-0.39, 0.29) is 24.4 Å². The van der Waals surface area contributed by atoms with E-state index < -0.39 is 0 Å². The number of rotatable bonds is 2. The predicted molar refractivity (Wildman–Crippen MR) is 81.7 cm³/mol. The number of morpholine rings is 1. The van der Waals surface area contributed by atoms with Crippen molar-refractivity contribution in [2.75, 3.05) is 25.4 Å². The summed E-state index contributed by atoms with van der Waals surface area (Å²) in [5, 5.41) is 0. The Morgan fingerprint density at radius 2 is 2.32 bits per heavy atom. The maximum absolute atomic E-state index is 12.4. The molecule has 4 nitrogen and oxygen atoms in total. The first-order valence-corrected chi connectivity index (χ1v) is 6.87. The molecule has 2 N–H and O–H groups in total. The van der Waals surface area contributed by atoms with E-state index in [2.05, 4.69) is 22.9 Å². The number of hydrogen-bond donors (Lipinski definition) is 1. The van der Waals surface area contributed by atoms with Crippen LogP contribution in [0.15, 0.2) is 22.7 Å². The molecule has 106 valence electrons. The van der Waals surface area contributed by atoms with Crippen LogP contribution in [0.3, 0.4) is 0 Å². The third-order valence-electron chi connectivity index (χ3n) is 3.13. The molecule has 1 unspecified atom stereocenters. The summed E-state index contributed by atoms with van der Waals surface area (Å²) in [5.74, 6) is -0.0123. The second-order valence-electron chi connectivity index (χ2n) is 4.38. The lowest BCUT2D eigenvalue weighted by molar-refractivity contribution is -0.0225. The first-order chi connectivity index (χ1) is 8.61. The van der Waals surface area contributed by atoms with Gasteiger partial charge in [0.1, 0.15) is 0 Å². The molecule has 1 aromatic carbocycles. The number of hydrogen-bond acceptors (Lipinski definition) is 3. The molecule has 0 spiro atoms. The van der Waals surface area contributed by atoms with Crippen molar-refractivity contribution in [3.8, 4) is 0 Å². The average Bonchev–Trinajstić information content (AvgIpc) is 2.38. The Morgan fingerprint density at radius 3 is 2.95 bits per heavy atom. The number of nitrogen functional groups attached to an aromatic ring is 1. The molecule has 2 rings (SSSR count). The number of carbonyl (C=O) groups excluding carboxylic acids is 1. The number of benzene rings is 1.